The molecule has 0 radical (unpaired) electrons. The summed E-state index contributed by atoms with van der Waals surface area (Å²) in [5.74, 6) is -0.779. The summed E-state index contributed by atoms with van der Waals surface area (Å²) < 4.78 is 5.61. The van der Waals surface area contributed by atoms with Crippen molar-refractivity contribution < 1.29 is 14.6 Å². The maximum atomic E-state index is 11.4. The molecule has 5 heteroatoms. The van der Waals surface area contributed by atoms with Crippen molar-refractivity contribution in [3.05, 3.63) is 64.7 Å². The van der Waals surface area contributed by atoms with Crippen molar-refractivity contribution in [1.29, 1.82) is 0 Å². The second-order valence-corrected chi connectivity index (χ2v) is 7.29. The van der Waals surface area contributed by atoms with Gasteiger partial charge in [0.25, 0.3) is 0 Å². The molecule has 0 spiro atoms. The van der Waals surface area contributed by atoms with E-state index >= 15 is 0 Å². The molecule has 0 heterocycles. The van der Waals surface area contributed by atoms with Crippen LogP contribution in [-0.4, -0.2) is 22.9 Å². The smallest absolute Gasteiger partial charge is 0.316 e. The third kappa shape index (κ3) is 6.56. The number of rotatable bonds is 9. The molecular weight excluding hydrogens is 344 g/mol. The van der Waals surface area contributed by atoms with Gasteiger partial charge >= 0.3 is 5.97 Å². The van der Waals surface area contributed by atoms with Gasteiger partial charge in [-0.1, -0.05) is 41.4 Å². The highest BCUT2D eigenvalue weighted by atomic mass is 35.5. The first-order valence-electron chi connectivity index (χ1n) is 7.83. The quantitative estimate of drug-likeness (QED) is 0.491. The van der Waals surface area contributed by atoms with Gasteiger partial charge in [0.1, 0.15) is 5.25 Å². The zero-order valence-corrected chi connectivity index (χ0v) is 15.1. The van der Waals surface area contributed by atoms with Crippen LogP contribution in [0.4, 0.5) is 0 Å². The van der Waals surface area contributed by atoms with E-state index in [1.807, 2.05) is 55.5 Å². The van der Waals surface area contributed by atoms with Crippen LogP contribution >= 0.6 is 23.4 Å². The van der Waals surface area contributed by atoms with Crippen LogP contribution in [0.3, 0.4) is 0 Å². The maximum Gasteiger partial charge on any atom is 0.316 e. The number of halogens is 1. The first-order chi connectivity index (χ1) is 11.5. The molecule has 1 atom stereocenters. The molecule has 2 rings (SSSR count). The van der Waals surface area contributed by atoms with Gasteiger partial charge in [-0.3, -0.25) is 4.79 Å². The molecule has 3 nitrogen and oxygen atoms in total. The van der Waals surface area contributed by atoms with Crippen LogP contribution in [0.2, 0.25) is 5.02 Å². The van der Waals surface area contributed by atoms with Crippen molar-refractivity contribution in [3.63, 3.8) is 0 Å². The Labute approximate surface area is 152 Å². The number of carboxylic acids is 1. The Hall–Kier alpha value is -1.49. The number of aliphatic carboxylic acids is 1. The third-order valence-corrected chi connectivity index (χ3v) is 5.03. The molecule has 0 amide bonds. The summed E-state index contributed by atoms with van der Waals surface area (Å²) in [6, 6.07) is 15.4. The molecule has 2 aromatic rings. The number of ether oxygens (including phenoxy) is 1. The lowest BCUT2D eigenvalue weighted by atomic mass is 10.2. The summed E-state index contributed by atoms with van der Waals surface area (Å²) in [4.78, 5) is 12.4. The van der Waals surface area contributed by atoms with Crippen molar-refractivity contribution in [2.24, 2.45) is 0 Å². The highest BCUT2D eigenvalue weighted by Gasteiger charge is 2.18. The summed E-state index contributed by atoms with van der Waals surface area (Å²) in [5, 5.41) is 9.63. The molecule has 1 unspecified atom stereocenters. The Bertz CT molecular complexity index is 641. The van der Waals surface area contributed by atoms with Gasteiger partial charge in [-0.2, -0.15) is 0 Å². The molecule has 128 valence electrons. The molecule has 0 fully saturated rings. The zero-order valence-electron chi connectivity index (χ0n) is 13.6. The maximum absolute atomic E-state index is 11.4. The predicted molar refractivity (Wildman–Crippen MR) is 98.8 cm³/mol. The number of carboxylic acid groups (broad SMARTS) is 1. The third-order valence-electron chi connectivity index (χ3n) is 3.51. The van der Waals surface area contributed by atoms with Crippen LogP contribution in [0.15, 0.2) is 53.4 Å². The number of benzene rings is 2. The number of carbonyl (C=O) groups is 1. The number of hydrogen-bond donors (Lipinski definition) is 1. The molecule has 0 saturated heterocycles. The summed E-state index contributed by atoms with van der Waals surface area (Å²) in [5.41, 5.74) is 2.23. The molecule has 1 N–H and O–H groups in total. The highest BCUT2D eigenvalue weighted by Crippen LogP contribution is 2.26. The van der Waals surface area contributed by atoms with Gasteiger partial charge in [-0.05, 0) is 49.6 Å². The molecule has 0 aliphatic heterocycles. The topological polar surface area (TPSA) is 46.5 Å². The lowest BCUT2D eigenvalue weighted by Gasteiger charge is -2.12. The van der Waals surface area contributed by atoms with E-state index in [2.05, 4.69) is 0 Å². The molecule has 0 aliphatic carbocycles. The Balaban J connectivity index is 1.72. The van der Waals surface area contributed by atoms with Gasteiger partial charge in [-0.25, -0.2) is 0 Å². The Morgan fingerprint density at radius 2 is 1.83 bits per heavy atom. The number of thioether (sulfide) groups is 1. The van der Waals surface area contributed by atoms with E-state index < -0.39 is 11.2 Å². The Morgan fingerprint density at radius 3 is 2.46 bits per heavy atom. The number of hydrogen-bond acceptors (Lipinski definition) is 3. The minimum absolute atomic E-state index is 0.452. The Kier molecular flexibility index (Phi) is 7.63. The fourth-order valence-electron chi connectivity index (χ4n) is 2.16. The van der Waals surface area contributed by atoms with E-state index in [9.17, 15) is 9.90 Å². The second-order valence-electron chi connectivity index (χ2n) is 5.58. The predicted octanol–water partition coefficient (Wildman–Crippen LogP) is 5.19. The van der Waals surface area contributed by atoms with E-state index in [0.29, 0.717) is 31.1 Å². The van der Waals surface area contributed by atoms with Crippen molar-refractivity contribution in [2.45, 2.75) is 36.5 Å². The number of aryl methyl sites for hydroxylation is 1. The van der Waals surface area contributed by atoms with Crippen molar-refractivity contribution in [2.75, 3.05) is 6.61 Å². The zero-order chi connectivity index (χ0) is 17.4. The average Bonchev–Trinajstić information content (AvgIpc) is 2.57. The van der Waals surface area contributed by atoms with Crippen LogP contribution in [0.1, 0.15) is 24.0 Å². The van der Waals surface area contributed by atoms with Crippen molar-refractivity contribution in [1.82, 2.24) is 0 Å². The fraction of sp³-hybridized carbons (Fsp3) is 0.316. The van der Waals surface area contributed by atoms with Gasteiger partial charge in [0.15, 0.2) is 0 Å². The molecule has 2 aromatic carbocycles. The highest BCUT2D eigenvalue weighted by molar-refractivity contribution is 8.00. The van der Waals surface area contributed by atoms with E-state index in [4.69, 9.17) is 16.3 Å². The van der Waals surface area contributed by atoms with Crippen LogP contribution in [0.5, 0.6) is 0 Å². The van der Waals surface area contributed by atoms with Gasteiger partial charge in [-0.15, -0.1) is 11.8 Å². The molecule has 0 aliphatic rings. The van der Waals surface area contributed by atoms with Gasteiger partial charge < -0.3 is 9.84 Å². The van der Waals surface area contributed by atoms with Crippen molar-refractivity contribution >= 4 is 29.3 Å². The molecule has 24 heavy (non-hydrogen) atoms. The summed E-state index contributed by atoms with van der Waals surface area (Å²) in [6.45, 7) is 3.07. The van der Waals surface area contributed by atoms with Crippen molar-refractivity contribution in [3.8, 4) is 0 Å². The van der Waals surface area contributed by atoms with E-state index in [1.165, 1.54) is 17.3 Å². The van der Waals surface area contributed by atoms with Gasteiger partial charge in [0.05, 0.1) is 6.61 Å². The first kappa shape index (κ1) is 18.8. The summed E-state index contributed by atoms with van der Waals surface area (Å²) in [7, 11) is 0. The van der Waals surface area contributed by atoms with Gasteiger partial charge in [0.2, 0.25) is 0 Å². The minimum Gasteiger partial charge on any atom is -0.480 e. The molecule has 0 saturated carbocycles. The lowest BCUT2D eigenvalue weighted by Crippen LogP contribution is -2.17. The minimum atomic E-state index is -0.779. The lowest BCUT2D eigenvalue weighted by molar-refractivity contribution is -0.136. The molecule has 0 bridgehead atoms. The Morgan fingerprint density at radius 1 is 1.17 bits per heavy atom. The van der Waals surface area contributed by atoms with E-state index in [0.717, 1.165) is 10.5 Å². The monoisotopic (exact) mass is 364 g/mol. The normalized spacial score (nSPS) is 12.1. The SMILES string of the molecule is Cc1ccc(SC(CCCOCc2ccc(Cl)cc2)C(=O)O)cc1. The standard InChI is InChI=1S/C19H21ClO3S/c1-14-4-10-17(11-5-14)24-18(19(21)22)3-2-12-23-13-15-6-8-16(20)9-7-15/h4-11,18H,2-3,12-13H2,1H3,(H,21,22). The van der Waals surface area contributed by atoms with Crippen LogP contribution in [0.25, 0.3) is 0 Å². The first-order valence-corrected chi connectivity index (χ1v) is 9.08. The fourth-order valence-corrected chi connectivity index (χ4v) is 3.29. The average molecular weight is 365 g/mol. The van der Waals surface area contributed by atoms with Gasteiger partial charge in [0, 0.05) is 16.5 Å². The summed E-state index contributed by atoms with van der Waals surface area (Å²) >= 11 is 7.23. The molecular formula is C19H21ClO3S. The summed E-state index contributed by atoms with van der Waals surface area (Å²) in [6.07, 6.45) is 1.29. The largest absolute Gasteiger partial charge is 0.480 e. The van der Waals surface area contributed by atoms with Crippen LogP contribution in [-0.2, 0) is 16.1 Å². The van der Waals surface area contributed by atoms with E-state index in [-0.39, 0.29) is 0 Å². The second kappa shape index (κ2) is 9.72. The van der Waals surface area contributed by atoms with E-state index in [1.54, 1.807) is 0 Å². The van der Waals surface area contributed by atoms with Crippen LogP contribution < -0.4 is 0 Å². The molecule has 0 aromatic heterocycles. The van der Waals surface area contributed by atoms with Crippen LogP contribution in [0, 0.1) is 6.92 Å².